The number of anilines is 1. The molecule has 0 saturated heterocycles. The van der Waals surface area contributed by atoms with Crippen LogP contribution in [-0.4, -0.2) is 32.5 Å². The van der Waals surface area contributed by atoms with Gasteiger partial charge in [-0.3, -0.25) is 4.57 Å². The fraction of sp³-hybridized carbons (Fsp3) is 0.267. The van der Waals surface area contributed by atoms with Crippen LogP contribution in [-0.2, 0) is 6.54 Å². The number of fused-ring (bicyclic) bond motifs is 1. The maximum Gasteiger partial charge on any atom is 0.321 e. The Morgan fingerprint density at radius 3 is 3.00 bits per heavy atom. The average molecular weight is 335 g/mol. The number of urea groups is 1. The van der Waals surface area contributed by atoms with Gasteiger partial charge in [0.05, 0.1) is 6.54 Å². The molecule has 3 rings (SSSR count). The van der Waals surface area contributed by atoms with E-state index in [1.54, 1.807) is 25.1 Å². The van der Waals surface area contributed by atoms with Crippen molar-refractivity contribution in [3.05, 3.63) is 42.3 Å². The van der Waals surface area contributed by atoms with Crippen LogP contribution in [0.25, 0.3) is 11.1 Å². The van der Waals surface area contributed by atoms with Crippen LogP contribution < -0.4 is 5.32 Å². The van der Waals surface area contributed by atoms with Gasteiger partial charge in [-0.1, -0.05) is 0 Å². The van der Waals surface area contributed by atoms with Crippen LogP contribution in [0.4, 0.5) is 19.3 Å². The molecule has 2 amide bonds. The minimum absolute atomic E-state index is 0.0471. The number of aromatic nitrogens is 3. The van der Waals surface area contributed by atoms with Crippen molar-refractivity contribution in [2.75, 3.05) is 12.4 Å². The van der Waals surface area contributed by atoms with Gasteiger partial charge in [0, 0.05) is 32.1 Å². The van der Waals surface area contributed by atoms with Gasteiger partial charge in [0.2, 0.25) is 0 Å². The molecule has 0 aliphatic heterocycles. The average Bonchev–Trinajstić information content (AvgIpc) is 3.12. The summed E-state index contributed by atoms with van der Waals surface area (Å²) >= 11 is 0. The van der Waals surface area contributed by atoms with E-state index in [0.29, 0.717) is 27.2 Å². The Bertz CT molecular complexity index is 874. The molecule has 2 heterocycles. The number of imidazole rings is 1. The minimum Gasteiger partial charge on any atom is -0.441 e. The van der Waals surface area contributed by atoms with Crippen LogP contribution in [0.2, 0.25) is 0 Å². The lowest BCUT2D eigenvalue weighted by Gasteiger charge is -2.18. The SMILES string of the molecule is Cc1nc2cc(NC(=O)N(C)Cc3nccn3C(F)F)ccc2o1. The molecule has 0 radical (unpaired) electrons. The number of amides is 2. The van der Waals surface area contributed by atoms with Gasteiger partial charge in [0.1, 0.15) is 11.3 Å². The number of rotatable bonds is 4. The highest BCUT2D eigenvalue weighted by molar-refractivity contribution is 5.91. The van der Waals surface area contributed by atoms with Crippen molar-refractivity contribution < 1.29 is 18.0 Å². The Morgan fingerprint density at radius 1 is 1.46 bits per heavy atom. The molecule has 2 aromatic heterocycles. The predicted molar refractivity (Wildman–Crippen MR) is 82.7 cm³/mol. The van der Waals surface area contributed by atoms with Crippen LogP contribution >= 0.6 is 0 Å². The number of nitrogens with one attached hydrogen (secondary N) is 1. The van der Waals surface area contributed by atoms with Gasteiger partial charge in [0.25, 0.3) is 0 Å². The van der Waals surface area contributed by atoms with E-state index in [1.807, 2.05) is 0 Å². The Hall–Kier alpha value is -2.97. The van der Waals surface area contributed by atoms with Crippen LogP contribution in [0.5, 0.6) is 0 Å². The zero-order chi connectivity index (χ0) is 17.3. The predicted octanol–water partition coefficient (Wildman–Crippen LogP) is 3.39. The molecule has 1 aromatic carbocycles. The third-order valence-electron chi connectivity index (χ3n) is 3.43. The second kappa shape index (κ2) is 6.26. The number of carbonyl (C=O) groups is 1. The van der Waals surface area contributed by atoms with E-state index in [2.05, 4.69) is 15.3 Å². The zero-order valence-corrected chi connectivity index (χ0v) is 13.0. The number of alkyl halides is 2. The molecule has 0 bridgehead atoms. The Kier molecular flexibility index (Phi) is 4.15. The molecule has 0 saturated carbocycles. The highest BCUT2D eigenvalue weighted by atomic mass is 19.3. The first-order valence-corrected chi connectivity index (χ1v) is 7.13. The normalized spacial score (nSPS) is 11.2. The molecular weight excluding hydrogens is 320 g/mol. The first kappa shape index (κ1) is 15.9. The summed E-state index contributed by atoms with van der Waals surface area (Å²) in [7, 11) is 1.50. The van der Waals surface area contributed by atoms with Crippen molar-refractivity contribution in [1.82, 2.24) is 19.4 Å². The van der Waals surface area contributed by atoms with E-state index in [1.165, 1.54) is 24.3 Å². The van der Waals surface area contributed by atoms with E-state index in [0.717, 1.165) is 0 Å². The van der Waals surface area contributed by atoms with E-state index < -0.39 is 12.6 Å². The number of halogens is 2. The molecule has 0 fully saturated rings. The summed E-state index contributed by atoms with van der Waals surface area (Å²) in [5.74, 6) is 0.634. The van der Waals surface area contributed by atoms with Crippen LogP contribution in [0.15, 0.2) is 35.0 Å². The van der Waals surface area contributed by atoms with Gasteiger partial charge in [0.15, 0.2) is 11.5 Å². The number of oxazole rings is 1. The molecule has 24 heavy (non-hydrogen) atoms. The molecule has 0 spiro atoms. The minimum atomic E-state index is -2.70. The van der Waals surface area contributed by atoms with Crippen molar-refractivity contribution in [1.29, 1.82) is 0 Å². The fourth-order valence-corrected chi connectivity index (χ4v) is 2.27. The van der Waals surface area contributed by atoms with Gasteiger partial charge in [-0.15, -0.1) is 0 Å². The molecule has 126 valence electrons. The van der Waals surface area contributed by atoms with E-state index in [9.17, 15) is 13.6 Å². The van der Waals surface area contributed by atoms with Crippen LogP contribution in [0.3, 0.4) is 0 Å². The van der Waals surface area contributed by atoms with E-state index >= 15 is 0 Å². The third kappa shape index (κ3) is 3.19. The lowest BCUT2D eigenvalue weighted by Crippen LogP contribution is -2.32. The summed E-state index contributed by atoms with van der Waals surface area (Å²) in [5.41, 5.74) is 1.78. The van der Waals surface area contributed by atoms with Gasteiger partial charge in [-0.05, 0) is 18.2 Å². The number of aryl methyl sites for hydroxylation is 1. The highest BCUT2D eigenvalue weighted by Crippen LogP contribution is 2.20. The number of hydrogen-bond acceptors (Lipinski definition) is 4. The monoisotopic (exact) mass is 335 g/mol. The molecule has 0 aliphatic rings. The lowest BCUT2D eigenvalue weighted by atomic mass is 10.3. The van der Waals surface area contributed by atoms with Gasteiger partial charge >= 0.3 is 12.6 Å². The molecule has 7 nitrogen and oxygen atoms in total. The van der Waals surface area contributed by atoms with Crippen molar-refractivity contribution in [3.63, 3.8) is 0 Å². The number of carbonyl (C=O) groups excluding carboxylic acids is 1. The molecule has 3 aromatic rings. The smallest absolute Gasteiger partial charge is 0.321 e. The maximum absolute atomic E-state index is 12.8. The number of benzene rings is 1. The second-order valence-corrected chi connectivity index (χ2v) is 5.23. The van der Waals surface area contributed by atoms with Crippen molar-refractivity contribution in [2.45, 2.75) is 20.0 Å². The molecule has 1 N–H and O–H groups in total. The molecule has 0 atom stereocenters. The highest BCUT2D eigenvalue weighted by Gasteiger charge is 2.16. The Labute approximate surface area is 135 Å². The summed E-state index contributed by atoms with van der Waals surface area (Å²) in [6.45, 7) is -1.01. The van der Waals surface area contributed by atoms with Crippen LogP contribution in [0.1, 0.15) is 18.3 Å². The van der Waals surface area contributed by atoms with Crippen molar-refractivity contribution in [3.8, 4) is 0 Å². The second-order valence-electron chi connectivity index (χ2n) is 5.23. The van der Waals surface area contributed by atoms with Crippen molar-refractivity contribution >= 4 is 22.8 Å². The van der Waals surface area contributed by atoms with Crippen molar-refractivity contribution in [2.24, 2.45) is 0 Å². The van der Waals surface area contributed by atoms with Gasteiger partial charge < -0.3 is 14.6 Å². The first-order chi connectivity index (χ1) is 11.4. The maximum atomic E-state index is 12.8. The van der Waals surface area contributed by atoms with E-state index in [4.69, 9.17) is 4.42 Å². The summed E-state index contributed by atoms with van der Waals surface area (Å²) in [6.07, 6.45) is 2.45. The number of nitrogens with zero attached hydrogens (tertiary/aromatic N) is 4. The summed E-state index contributed by atoms with van der Waals surface area (Å²) < 4.78 is 31.7. The molecule has 0 unspecified atom stereocenters. The van der Waals surface area contributed by atoms with Crippen LogP contribution in [0, 0.1) is 6.92 Å². The molecular formula is C15H15F2N5O2. The molecule has 9 heteroatoms. The first-order valence-electron chi connectivity index (χ1n) is 7.13. The quantitative estimate of drug-likeness (QED) is 0.793. The standard InChI is InChI=1S/C15H15F2N5O2/c1-9-19-11-7-10(3-4-12(11)24-9)20-15(23)21(2)8-13-18-5-6-22(13)14(16)17/h3-7,14H,8H2,1-2H3,(H,20,23). The molecule has 0 aliphatic carbocycles. The Morgan fingerprint density at radius 2 is 2.25 bits per heavy atom. The third-order valence-corrected chi connectivity index (χ3v) is 3.43. The summed E-state index contributed by atoms with van der Waals surface area (Å²) in [4.78, 5) is 21.5. The van der Waals surface area contributed by atoms with Gasteiger partial charge in [-0.25, -0.2) is 14.8 Å². The van der Waals surface area contributed by atoms with Gasteiger partial charge in [-0.2, -0.15) is 8.78 Å². The largest absolute Gasteiger partial charge is 0.441 e. The fourth-order valence-electron chi connectivity index (χ4n) is 2.27. The van der Waals surface area contributed by atoms with E-state index in [-0.39, 0.29) is 12.4 Å². The Balaban J connectivity index is 1.69. The lowest BCUT2D eigenvalue weighted by molar-refractivity contribution is 0.0652. The summed E-state index contributed by atoms with van der Waals surface area (Å²) in [5, 5.41) is 2.69. The number of hydrogen-bond donors (Lipinski definition) is 1. The zero-order valence-electron chi connectivity index (χ0n) is 13.0. The summed E-state index contributed by atoms with van der Waals surface area (Å²) in [6, 6.07) is 4.61. The topological polar surface area (TPSA) is 76.2 Å².